The van der Waals surface area contributed by atoms with E-state index in [2.05, 4.69) is 0 Å². The van der Waals surface area contributed by atoms with Crippen LogP contribution in [0.5, 0.6) is 0 Å². The van der Waals surface area contributed by atoms with Crippen LogP contribution in [0.4, 0.5) is 4.79 Å². The molecular formula is C18H23NO4. The molecule has 0 aromatic heterocycles. The number of carbonyl (C=O) groups excluding carboxylic acids is 2. The standard InChI is InChI=1S/C18H23NO4/c1-14(10-11-20)6-5-9-17(21)19-16(13-23-18(19)22)12-15-7-3-2-4-8-15/h2-4,7-8,10,16,20H,5-6,9,11-13H2,1H3/b14-10-/t16-/m0/s1. The Labute approximate surface area is 136 Å². The smallest absolute Gasteiger partial charge is 0.416 e. The van der Waals surface area contributed by atoms with E-state index in [-0.39, 0.29) is 25.2 Å². The van der Waals surface area contributed by atoms with Gasteiger partial charge in [-0.15, -0.1) is 0 Å². The van der Waals surface area contributed by atoms with Crippen LogP contribution in [0.25, 0.3) is 0 Å². The first kappa shape index (κ1) is 17.2. The molecule has 5 heteroatoms. The third-order valence-corrected chi connectivity index (χ3v) is 3.95. The number of amides is 2. The fraction of sp³-hybridized carbons (Fsp3) is 0.444. The van der Waals surface area contributed by atoms with Gasteiger partial charge in [0.05, 0.1) is 12.6 Å². The Morgan fingerprint density at radius 1 is 1.35 bits per heavy atom. The number of rotatable bonds is 7. The summed E-state index contributed by atoms with van der Waals surface area (Å²) in [7, 11) is 0. The molecule has 1 aromatic carbocycles. The van der Waals surface area contributed by atoms with E-state index < -0.39 is 6.09 Å². The Bertz CT molecular complexity index is 568. The number of cyclic esters (lactones) is 1. The van der Waals surface area contributed by atoms with E-state index in [9.17, 15) is 9.59 Å². The zero-order chi connectivity index (χ0) is 16.7. The minimum atomic E-state index is -0.543. The highest BCUT2D eigenvalue weighted by Crippen LogP contribution is 2.19. The molecule has 5 nitrogen and oxygen atoms in total. The van der Waals surface area contributed by atoms with Crippen molar-refractivity contribution >= 4 is 12.0 Å². The lowest BCUT2D eigenvalue weighted by Gasteiger charge is -2.19. The van der Waals surface area contributed by atoms with Crippen molar-refractivity contribution < 1.29 is 19.4 Å². The van der Waals surface area contributed by atoms with Crippen LogP contribution in [0, 0.1) is 0 Å². The van der Waals surface area contributed by atoms with Crippen molar-refractivity contribution in [3.05, 3.63) is 47.5 Å². The first-order chi connectivity index (χ1) is 11.1. The quantitative estimate of drug-likeness (QED) is 0.785. The molecule has 1 saturated heterocycles. The van der Waals surface area contributed by atoms with E-state index in [4.69, 9.17) is 9.84 Å². The SMILES string of the molecule is C/C(=C/CO)CCCC(=O)N1C(=O)OC[C@@H]1Cc1ccccc1. The summed E-state index contributed by atoms with van der Waals surface area (Å²) in [5.74, 6) is -0.190. The zero-order valence-electron chi connectivity index (χ0n) is 13.4. The number of hydrogen-bond donors (Lipinski definition) is 1. The highest BCUT2D eigenvalue weighted by Gasteiger charge is 2.37. The van der Waals surface area contributed by atoms with Crippen LogP contribution in [0.3, 0.4) is 0 Å². The molecule has 0 saturated carbocycles. The molecule has 124 valence electrons. The van der Waals surface area contributed by atoms with Crippen molar-refractivity contribution in [1.82, 2.24) is 4.90 Å². The Kier molecular flexibility index (Phi) is 6.35. The number of aliphatic hydroxyl groups is 1. The van der Waals surface area contributed by atoms with Gasteiger partial charge in [0.2, 0.25) is 5.91 Å². The Morgan fingerprint density at radius 2 is 2.09 bits per heavy atom. The lowest BCUT2D eigenvalue weighted by Crippen LogP contribution is -2.40. The summed E-state index contributed by atoms with van der Waals surface area (Å²) < 4.78 is 5.06. The van der Waals surface area contributed by atoms with Crippen LogP contribution < -0.4 is 0 Å². The molecular weight excluding hydrogens is 294 g/mol. The summed E-state index contributed by atoms with van der Waals surface area (Å²) in [6, 6.07) is 9.55. The second-order valence-electron chi connectivity index (χ2n) is 5.77. The maximum atomic E-state index is 12.4. The number of benzene rings is 1. The largest absolute Gasteiger partial charge is 0.447 e. The number of carbonyl (C=O) groups is 2. The minimum Gasteiger partial charge on any atom is -0.447 e. The minimum absolute atomic E-state index is 0.0113. The second kappa shape index (κ2) is 8.48. The summed E-state index contributed by atoms with van der Waals surface area (Å²) in [5.41, 5.74) is 2.13. The van der Waals surface area contributed by atoms with E-state index >= 15 is 0 Å². The normalized spacial score (nSPS) is 18.2. The monoisotopic (exact) mass is 317 g/mol. The Balaban J connectivity index is 1.91. The molecule has 1 atom stereocenters. The van der Waals surface area contributed by atoms with Crippen LogP contribution in [0.1, 0.15) is 31.7 Å². The van der Waals surface area contributed by atoms with Gasteiger partial charge >= 0.3 is 6.09 Å². The summed E-state index contributed by atoms with van der Waals surface area (Å²) >= 11 is 0. The molecule has 23 heavy (non-hydrogen) atoms. The molecule has 1 aromatic rings. The lowest BCUT2D eigenvalue weighted by atomic mass is 10.0. The third kappa shape index (κ3) is 4.93. The lowest BCUT2D eigenvalue weighted by molar-refractivity contribution is -0.129. The first-order valence-electron chi connectivity index (χ1n) is 7.91. The maximum Gasteiger partial charge on any atom is 0.416 e. The van der Waals surface area contributed by atoms with Gasteiger partial charge in [-0.3, -0.25) is 4.79 Å². The Morgan fingerprint density at radius 3 is 2.78 bits per heavy atom. The summed E-state index contributed by atoms with van der Waals surface area (Å²) in [6.07, 6.45) is 3.49. The van der Waals surface area contributed by atoms with Crippen molar-refractivity contribution in [3.63, 3.8) is 0 Å². The maximum absolute atomic E-state index is 12.4. The third-order valence-electron chi connectivity index (χ3n) is 3.95. The molecule has 1 N–H and O–H groups in total. The van der Waals surface area contributed by atoms with Gasteiger partial charge in [0, 0.05) is 6.42 Å². The van der Waals surface area contributed by atoms with Crippen molar-refractivity contribution in [2.45, 2.75) is 38.6 Å². The first-order valence-corrected chi connectivity index (χ1v) is 7.91. The highest BCUT2D eigenvalue weighted by atomic mass is 16.6. The topological polar surface area (TPSA) is 66.8 Å². The van der Waals surface area contributed by atoms with Gasteiger partial charge in [0.25, 0.3) is 0 Å². The predicted octanol–water partition coefficient (Wildman–Crippen LogP) is 2.69. The van der Waals surface area contributed by atoms with Crippen LogP contribution in [0.2, 0.25) is 0 Å². The fourth-order valence-corrected chi connectivity index (χ4v) is 2.70. The number of aliphatic hydroxyl groups excluding tert-OH is 1. The highest BCUT2D eigenvalue weighted by molar-refractivity contribution is 5.93. The average molecular weight is 317 g/mol. The molecule has 1 aliphatic heterocycles. The van der Waals surface area contributed by atoms with Crippen molar-refractivity contribution in [3.8, 4) is 0 Å². The van der Waals surface area contributed by atoms with Gasteiger partial charge in [-0.1, -0.05) is 42.0 Å². The molecule has 0 aliphatic carbocycles. The van der Waals surface area contributed by atoms with Gasteiger partial charge < -0.3 is 9.84 Å². The summed E-state index contributed by atoms with van der Waals surface area (Å²) in [6.45, 7) is 2.18. The molecule has 0 radical (unpaired) electrons. The van der Waals surface area contributed by atoms with E-state index in [1.165, 1.54) is 4.90 Å². The molecule has 0 unspecified atom stereocenters. The number of hydrogen-bond acceptors (Lipinski definition) is 4. The van der Waals surface area contributed by atoms with Crippen LogP contribution in [-0.4, -0.2) is 41.3 Å². The van der Waals surface area contributed by atoms with Gasteiger partial charge in [0.1, 0.15) is 6.61 Å². The van der Waals surface area contributed by atoms with Crippen LogP contribution in [0.15, 0.2) is 42.0 Å². The van der Waals surface area contributed by atoms with E-state index in [1.54, 1.807) is 6.08 Å². The van der Waals surface area contributed by atoms with Gasteiger partial charge in [0.15, 0.2) is 0 Å². The van der Waals surface area contributed by atoms with E-state index in [0.717, 1.165) is 17.6 Å². The molecule has 0 bridgehead atoms. The van der Waals surface area contributed by atoms with E-state index in [0.29, 0.717) is 19.3 Å². The van der Waals surface area contributed by atoms with Crippen LogP contribution in [-0.2, 0) is 16.0 Å². The zero-order valence-corrected chi connectivity index (χ0v) is 13.4. The second-order valence-corrected chi connectivity index (χ2v) is 5.77. The predicted molar refractivity (Wildman–Crippen MR) is 86.8 cm³/mol. The van der Waals surface area contributed by atoms with Crippen LogP contribution >= 0.6 is 0 Å². The summed E-state index contributed by atoms with van der Waals surface area (Å²) in [4.78, 5) is 25.5. The summed E-state index contributed by atoms with van der Waals surface area (Å²) in [5, 5.41) is 8.81. The molecule has 1 aliphatic rings. The number of ether oxygens (including phenoxy) is 1. The fourth-order valence-electron chi connectivity index (χ4n) is 2.70. The van der Waals surface area contributed by atoms with Gasteiger partial charge in [-0.2, -0.15) is 0 Å². The number of allylic oxidation sites excluding steroid dienone is 1. The average Bonchev–Trinajstić information content (AvgIpc) is 2.89. The molecule has 1 fully saturated rings. The molecule has 2 rings (SSSR count). The Hall–Kier alpha value is -2.14. The molecule has 0 spiro atoms. The number of nitrogens with zero attached hydrogens (tertiary/aromatic N) is 1. The van der Waals surface area contributed by atoms with E-state index in [1.807, 2.05) is 37.3 Å². The van der Waals surface area contributed by atoms with Crippen molar-refractivity contribution in [1.29, 1.82) is 0 Å². The van der Waals surface area contributed by atoms with Gasteiger partial charge in [-0.05, 0) is 31.7 Å². The molecule has 2 amide bonds. The van der Waals surface area contributed by atoms with Gasteiger partial charge in [-0.25, -0.2) is 9.69 Å². The van der Waals surface area contributed by atoms with Crippen molar-refractivity contribution in [2.75, 3.05) is 13.2 Å². The number of imide groups is 1. The van der Waals surface area contributed by atoms with Crippen molar-refractivity contribution in [2.24, 2.45) is 0 Å². The molecule has 1 heterocycles.